The van der Waals surface area contributed by atoms with E-state index in [1.165, 1.54) is 12.0 Å². The van der Waals surface area contributed by atoms with Crippen LogP contribution in [-0.2, 0) is 6.42 Å². The van der Waals surface area contributed by atoms with Gasteiger partial charge in [-0.1, -0.05) is 11.6 Å². The molecule has 1 saturated heterocycles. The average molecular weight is 255 g/mol. The summed E-state index contributed by atoms with van der Waals surface area (Å²) >= 11 is 5.99. The minimum Gasteiger partial charge on any atom is -0.496 e. The summed E-state index contributed by atoms with van der Waals surface area (Å²) < 4.78 is 5.32. The molecule has 94 valence electrons. The highest BCUT2D eigenvalue weighted by atomic mass is 35.5. The van der Waals surface area contributed by atoms with E-state index in [9.17, 15) is 0 Å². The number of methoxy groups -OCH3 is 1. The summed E-state index contributed by atoms with van der Waals surface area (Å²) in [4.78, 5) is 0. The van der Waals surface area contributed by atoms with Gasteiger partial charge in [0.2, 0.25) is 0 Å². The first-order chi connectivity index (χ1) is 8.29. The van der Waals surface area contributed by atoms with Gasteiger partial charge >= 0.3 is 0 Å². The van der Waals surface area contributed by atoms with E-state index < -0.39 is 0 Å². The second-order valence-corrected chi connectivity index (χ2v) is 4.79. The van der Waals surface area contributed by atoms with Gasteiger partial charge in [-0.2, -0.15) is 0 Å². The lowest BCUT2D eigenvalue weighted by Gasteiger charge is -2.13. The summed E-state index contributed by atoms with van der Waals surface area (Å²) in [6, 6.07) is 6.38. The van der Waals surface area contributed by atoms with Crippen molar-refractivity contribution in [1.29, 1.82) is 0 Å². The molecule has 0 saturated carbocycles. The van der Waals surface area contributed by atoms with Crippen molar-refractivity contribution in [2.45, 2.75) is 18.9 Å². The summed E-state index contributed by atoms with van der Waals surface area (Å²) in [6.07, 6.45) is 2.16. The Kier molecular flexibility index (Phi) is 4.66. The van der Waals surface area contributed by atoms with Crippen molar-refractivity contribution >= 4 is 11.6 Å². The standard InChI is InChI=1S/C13H19ClN2O/c1-17-13-3-2-11(14)8-10(13)4-7-16-12-5-6-15-9-12/h2-3,8,12,15-16H,4-7,9H2,1H3. The molecule has 0 bridgehead atoms. The topological polar surface area (TPSA) is 33.3 Å². The lowest BCUT2D eigenvalue weighted by atomic mass is 10.1. The van der Waals surface area contributed by atoms with E-state index in [1.54, 1.807) is 7.11 Å². The minimum absolute atomic E-state index is 0.611. The maximum Gasteiger partial charge on any atom is 0.122 e. The van der Waals surface area contributed by atoms with Crippen molar-refractivity contribution in [3.63, 3.8) is 0 Å². The second-order valence-electron chi connectivity index (χ2n) is 4.35. The molecule has 1 aromatic carbocycles. The molecule has 0 spiro atoms. The van der Waals surface area contributed by atoms with Crippen LogP contribution in [0.1, 0.15) is 12.0 Å². The maximum atomic E-state index is 5.99. The molecule has 1 aliphatic rings. The quantitative estimate of drug-likeness (QED) is 0.841. The normalized spacial score (nSPS) is 19.5. The van der Waals surface area contributed by atoms with Crippen molar-refractivity contribution < 1.29 is 4.74 Å². The number of benzene rings is 1. The van der Waals surface area contributed by atoms with Gasteiger partial charge in [0.05, 0.1) is 7.11 Å². The molecule has 0 radical (unpaired) electrons. The van der Waals surface area contributed by atoms with Crippen LogP contribution in [-0.4, -0.2) is 32.8 Å². The first kappa shape index (κ1) is 12.7. The van der Waals surface area contributed by atoms with Crippen LogP contribution in [0.3, 0.4) is 0 Å². The SMILES string of the molecule is COc1ccc(Cl)cc1CCNC1CCNC1. The van der Waals surface area contributed by atoms with E-state index >= 15 is 0 Å². The first-order valence-corrected chi connectivity index (χ1v) is 6.44. The lowest BCUT2D eigenvalue weighted by Crippen LogP contribution is -2.32. The lowest BCUT2D eigenvalue weighted by molar-refractivity contribution is 0.408. The Bertz CT molecular complexity index is 364. The molecule has 1 heterocycles. The molecule has 1 unspecified atom stereocenters. The third-order valence-corrected chi connectivity index (χ3v) is 3.37. The molecule has 1 aliphatic heterocycles. The number of nitrogens with one attached hydrogen (secondary N) is 2. The van der Waals surface area contributed by atoms with Gasteiger partial charge in [0.1, 0.15) is 5.75 Å². The number of hydrogen-bond acceptors (Lipinski definition) is 3. The number of hydrogen-bond donors (Lipinski definition) is 2. The van der Waals surface area contributed by atoms with Crippen molar-refractivity contribution in [2.24, 2.45) is 0 Å². The fourth-order valence-electron chi connectivity index (χ4n) is 2.18. The van der Waals surface area contributed by atoms with Gasteiger partial charge in [-0.15, -0.1) is 0 Å². The van der Waals surface area contributed by atoms with Gasteiger partial charge in [0.25, 0.3) is 0 Å². The Labute approximate surface area is 107 Å². The van der Waals surface area contributed by atoms with E-state index in [0.717, 1.165) is 36.8 Å². The second kappa shape index (κ2) is 6.24. The zero-order valence-electron chi connectivity index (χ0n) is 10.1. The molecule has 2 rings (SSSR count). The summed E-state index contributed by atoms with van der Waals surface area (Å²) in [6.45, 7) is 3.16. The van der Waals surface area contributed by atoms with Crippen LogP contribution in [0.5, 0.6) is 5.75 Å². The summed E-state index contributed by atoms with van der Waals surface area (Å²) in [5.41, 5.74) is 1.17. The van der Waals surface area contributed by atoms with Crippen LogP contribution in [0.2, 0.25) is 5.02 Å². The smallest absolute Gasteiger partial charge is 0.122 e. The maximum absolute atomic E-state index is 5.99. The van der Waals surface area contributed by atoms with Crippen molar-refractivity contribution in [3.8, 4) is 5.75 Å². The molecular weight excluding hydrogens is 236 g/mol. The molecule has 0 aromatic heterocycles. The predicted molar refractivity (Wildman–Crippen MR) is 71.0 cm³/mol. The summed E-state index contributed by atoms with van der Waals surface area (Å²) in [5, 5.41) is 7.65. The highest BCUT2D eigenvalue weighted by molar-refractivity contribution is 6.30. The fraction of sp³-hybridized carbons (Fsp3) is 0.538. The largest absolute Gasteiger partial charge is 0.496 e. The molecule has 17 heavy (non-hydrogen) atoms. The van der Waals surface area contributed by atoms with Crippen LogP contribution in [0.25, 0.3) is 0 Å². The molecule has 0 amide bonds. The van der Waals surface area contributed by atoms with Gasteiger partial charge in [0.15, 0.2) is 0 Å². The van der Waals surface area contributed by atoms with Gasteiger partial charge in [-0.05, 0) is 49.7 Å². The molecule has 0 aliphatic carbocycles. The predicted octanol–water partition coefficient (Wildman–Crippen LogP) is 1.84. The Hall–Kier alpha value is -0.770. The van der Waals surface area contributed by atoms with Crippen LogP contribution in [0, 0.1) is 0 Å². The molecule has 1 fully saturated rings. The van der Waals surface area contributed by atoms with Crippen LogP contribution >= 0.6 is 11.6 Å². The van der Waals surface area contributed by atoms with Gasteiger partial charge < -0.3 is 15.4 Å². The van der Waals surface area contributed by atoms with Crippen molar-refractivity contribution in [3.05, 3.63) is 28.8 Å². The molecular formula is C13H19ClN2O. The molecule has 3 nitrogen and oxygen atoms in total. The Morgan fingerprint density at radius 3 is 3.12 bits per heavy atom. The third kappa shape index (κ3) is 3.60. The minimum atomic E-state index is 0.611. The van der Waals surface area contributed by atoms with Gasteiger partial charge in [-0.3, -0.25) is 0 Å². The first-order valence-electron chi connectivity index (χ1n) is 6.06. The molecule has 4 heteroatoms. The molecule has 1 aromatic rings. The van der Waals surface area contributed by atoms with E-state index in [-0.39, 0.29) is 0 Å². The highest BCUT2D eigenvalue weighted by Crippen LogP contribution is 2.22. The van der Waals surface area contributed by atoms with E-state index in [0.29, 0.717) is 6.04 Å². The average Bonchev–Trinajstić information content (AvgIpc) is 2.82. The molecule has 1 atom stereocenters. The van der Waals surface area contributed by atoms with Crippen LogP contribution < -0.4 is 15.4 Å². The highest BCUT2D eigenvalue weighted by Gasteiger charge is 2.13. The Morgan fingerprint density at radius 1 is 1.53 bits per heavy atom. The zero-order chi connectivity index (χ0) is 12.1. The van der Waals surface area contributed by atoms with Crippen LogP contribution in [0.4, 0.5) is 0 Å². The van der Waals surface area contributed by atoms with Gasteiger partial charge in [0, 0.05) is 17.6 Å². The Morgan fingerprint density at radius 2 is 2.41 bits per heavy atom. The summed E-state index contributed by atoms with van der Waals surface area (Å²) in [5.74, 6) is 0.917. The number of rotatable bonds is 5. The van der Waals surface area contributed by atoms with Crippen molar-refractivity contribution in [1.82, 2.24) is 10.6 Å². The third-order valence-electron chi connectivity index (χ3n) is 3.13. The monoisotopic (exact) mass is 254 g/mol. The van der Waals surface area contributed by atoms with E-state index in [2.05, 4.69) is 10.6 Å². The Balaban J connectivity index is 1.86. The van der Waals surface area contributed by atoms with E-state index in [1.807, 2.05) is 18.2 Å². The zero-order valence-corrected chi connectivity index (χ0v) is 10.9. The van der Waals surface area contributed by atoms with Gasteiger partial charge in [-0.25, -0.2) is 0 Å². The van der Waals surface area contributed by atoms with E-state index in [4.69, 9.17) is 16.3 Å². The number of ether oxygens (including phenoxy) is 1. The fourth-order valence-corrected chi connectivity index (χ4v) is 2.38. The molecule has 2 N–H and O–H groups in total. The van der Waals surface area contributed by atoms with Crippen molar-refractivity contribution in [2.75, 3.05) is 26.7 Å². The summed E-state index contributed by atoms with van der Waals surface area (Å²) in [7, 11) is 1.70. The van der Waals surface area contributed by atoms with Crippen LogP contribution in [0.15, 0.2) is 18.2 Å². The number of halogens is 1.